The van der Waals surface area contributed by atoms with Crippen LogP contribution < -0.4 is 0 Å². The van der Waals surface area contributed by atoms with Crippen molar-refractivity contribution in [3.8, 4) is 11.4 Å². The van der Waals surface area contributed by atoms with Crippen LogP contribution in [0.1, 0.15) is 57.7 Å². The van der Waals surface area contributed by atoms with Gasteiger partial charge in [-0.15, -0.1) is 0 Å². The summed E-state index contributed by atoms with van der Waals surface area (Å²) in [7, 11) is 0. The molecule has 6 aromatic carbocycles. The predicted molar refractivity (Wildman–Crippen MR) is 231 cm³/mol. The van der Waals surface area contributed by atoms with Gasteiger partial charge in [0.2, 0.25) is 0 Å². The van der Waals surface area contributed by atoms with Crippen molar-refractivity contribution in [2.45, 2.75) is 58.8 Å². The first kappa shape index (κ1) is 33.9. The molecule has 0 N–H and O–H groups in total. The summed E-state index contributed by atoms with van der Waals surface area (Å²) < 4.78 is 4.96. The number of para-hydroxylation sites is 4. The topological polar surface area (TPSA) is 9.86 Å². The zero-order valence-corrected chi connectivity index (χ0v) is 32.3. The van der Waals surface area contributed by atoms with Crippen LogP contribution in [0.3, 0.4) is 0 Å². The minimum atomic E-state index is -0.277. The van der Waals surface area contributed by atoms with Crippen LogP contribution >= 0.6 is 0 Å². The third kappa shape index (κ3) is 5.15. The highest BCUT2D eigenvalue weighted by molar-refractivity contribution is 6.10. The average Bonchev–Trinajstić information content (AvgIpc) is 3.62. The Hall–Kier alpha value is -5.86. The molecule has 0 amide bonds. The number of nitrogens with zero attached hydrogens (tertiary/aromatic N) is 2. The van der Waals surface area contributed by atoms with Gasteiger partial charge < -0.3 is 9.13 Å². The molecule has 54 heavy (non-hydrogen) atoms. The van der Waals surface area contributed by atoms with Crippen LogP contribution in [-0.2, 0) is 10.8 Å². The molecule has 2 unspecified atom stereocenters. The first-order valence-electron chi connectivity index (χ1n) is 19.4. The summed E-state index contributed by atoms with van der Waals surface area (Å²) in [5, 5.41) is 5.08. The lowest BCUT2D eigenvalue weighted by Crippen LogP contribution is -2.38. The Kier molecular flexibility index (Phi) is 7.94. The van der Waals surface area contributed by atoms with Crippen molar-refractivity contribution in [1.29, 1.82) is 0 Å². The van der Waals surface area contributed by atoms with Crippen molar-refractivity contribution in [2.24, 2.45) is 5.41 Å². The van der Waals surface area contributed by atoms with Crippen LogP contribution in [0.15, 0.2) is 175 Å². The summed E-state index contributed by atoms with van der Waals surface area (Å²) in [5.74, 6) is 0. The third-order valence-corrected chi connectivity index (χ3v) is 12.9. The van der Waals surface area contributed by atoms with Gasteiger partial charge in [-0.25, -0.2) is 0 Å². The van der Waals surface area contributed by atoms with Gasteiger partial charge >= 0.3 is 0 Å². The molecule has 1 aliphatic rings. The van der Waals surface area contributed by atoms with Crippen LogP contribution in [0.5, 0.6) is 0 Å². The van der Waals surface area contributed by atoms with Crippen molar-refractivity contribution in [3.05, 3.63) is 192 Å². The Morgan fingerprint density at radius 2 is 0.981 bits per heavy atom. The molecule has 2 nitrogen and oxygen atoms in total. The highest BCUT2D eigenvalue weighted by atomic mass is 15.0. The number of fused-ring (bicyclic) bond motifs is 6. The van der Waals surface area contributed by atoms with E-state index in [0.29, 0.717) is 0 Å². The van der Waals surface area contributed by atoms with Crippen LogP contribution in [0.4, 0.5) is 0 Å². The minimum Gasteiger partial charge on any atom is -0.309 e. The fourth-order valence-corrected chi connectivity index (χ4v) is 9.12. The molecule has 9 rings (SSSR count). The molecule has 266 valence electrons. The second-order valence-electron chi connectivity index (χ2n) is 16.3. The minimum absolute atomic E-state index is 0.136. The maximum atomic E-state index is 2.48. The smallest absolute Gasteiger partial charge is 0.0541 e. The monoisotopic (exact) mass is 700 g/mol. The zero-order valence-electron chi connectivity index (χ0n) is 32.3. The van der Waals surface area contributed by atoms with E-state index in [1.807, 2.05) is 0 Å². The summed E-state index contributed by atoms with van der Waals surface area (Å²) in [6.07, 6.45) is 12.9. The van der Waals surface area contributed by atoms with Crippen molar-refractivity contribution in [1.82, 2.24) is 9.13 Å². The molecule has 0 radical (unpaired) electrons. The van der Waals surface area contributed by atoms with E-state index in [0.717, 1.165) is 6.42 Å². The number of aryl methyl sites for hydroxylation is 1. The number of allylic oxidation sites excluding steroid dienone is 6. The summed E-state index contributed by atoms with van der Waals surface area (Å²) >= 11 is 0. The molecule has 2 heterocycles. The normalized spacial score (nSPS) is 17.3. The van der Waals surface area contributed by atoms with Gasteiger partial charge in [0.15, 0.2) is 0 Å². The number of hydrogen-bond donors (Lipinski definition) is 0. The second-order valence-corrected chi connectivity index (χ2v) is 16.3. The van der Waals surface area contributed by atoms with Crippen molar-refractivity contribution in [2.75, 3.05) is 0 Å². The van der Waals surface area contributed by atoms with Gasteiger partial charge in [-0.05, 0) is 72.5 Å². The second kappa shape index (κ2) is 12.6. The van der Waals surface area contributed by atoms with E-state index in [1.54, 1.807) is 0 Å². The van der Waals surface area contributed by atoms with E-state index in [9.17, 15) is 0 Å². The van der Waals surface area contributed by atoms with Gasteiger partial charge in [0.1, 0.15) is 0 Å². The fourth-order valence-electron chi connectivity index (χ4n) is 9.12. The summed E-state index contributed by atoms with van der Waals surface area (Å²) in [5.41, 5.74) is 11.8. The quantitative estimate of drug-likeness (QED) is 0.157. The molecular weight excluding hydrogens is 653 g/mol. The highest BCUT2D eigenvalue weighted by Gasteiger charge is 2.42. The molecule has 2 aromatic heterocycles. The Morgan fingerprint density at radius 3 is 1.43 bits per heavy atom. The maximum Gasteiger partial charge on any atom is 0.0541 e. The van der Waals surface area contributed by atoms with E-state index in [4.69, 9.17) is 0 Å². The third-order valence-electron chi connectivity index (χ3n) is 12.9. The Morgan fingerprint density at radius 1 is 0.537 bits per heavy atom. The molecule has 0 aliphatic heterocycles. The molecule has 0 spiro atoms. The fraction of sp³-hybridized carbons (Fsp3) is 0.192. The van der Waals surface area contributed by atoms with Gasteiger partial charge in [0.25, 0.3) is 0 Å². The Labute approximate surface area is 319 Å². The number of hydrogen-bond acceptors (Lipinski definition) is 0. The van der Waals surface area contributed by atoms with Crippen molar-refractivity contribution < 1.29 is 0 Å². The van der Waals surface area contributed by atoms with Gasteiger partial charge in [-0.3, -0.25) is 0 Å². The van der Waals surface area contributed by atoms with Gasteiger partial charge in [0.05, 0.1) is 22.1 Å². The molecule has 0 saturated heterocycles. The summed E-state index contributed by atoms with van der Waals surface area (Å²) in [6, 6.07) is 51.7. The molecule has 0 saturated carbocycles. The Bertz CT molecular complexity index is 2580. The first-order chi connectivity index (χ1) is 26.1. The van der Waals surface area contributed by atoms with E-state index in [2.05, 4.69) is 221 Å². The first-order valence-corrected chi connectivity index (χ1v) is 19.4. The molecule has 2 heteroatoms. The molecule has 0 fully saturated rings. The summed E-state index contributed by atoms with van der Waals surface area (Å²) in [4.78, 5) is 0. The molecule has 0 bridgehead atoms. The van der Waals surface area contributed by atoms with E-state index >= 15 is 0 Å². The van der Waals surface area contributed by atoms with Crippen LogP contribution in [0, 0.1) is 12.3 Å². The van der Waals surface area contributed by atoms with Crippen LogP contribution in [-0.4, -0.2) is 9.13 Å². The maximum absolute atomic E-state index is 2.48. The standard InChI is InChI=1S/C52H48N2/c1-7-52(6,51(5)31-16-17-37(30-32-51)50(3,4)38-28-26-36(2)27-29-38)39-33-40(53-46-22-12-8-18-42(46)43-19-9-13-23-47(43)53)35-41(34-39)54-48-24-14-10-20-44(48)45-21-11-15-25-49(45)54/h8-35H,7H2,1-6H3. The molecular formula is C52H48N2. The lowest BCUT2D eigenvalue weighted by molar-refractivity contribution is 0.270. The predicted octanol–water partition coefficient (Wildman–Crippen LogP) is 13.9. The average molecular weight is 701 g/mol. The Balaban J connectivity index is 1.28. The number of aromatic nitrogens is 2. The van der Waals surface area contributed by atoms with Gasteiger partial charge in [0, 0.05) is 49.2 Å². The van der Waals surface area contributed by atoms with Gasteiger partial charge in [-0.1, -0.05) is 168 Å². The van der Waals surface area contributed by atoms with E-state index in [1.165, 1.54) is 77.2 Å². The van der Waals surface area contributed by atoms with Crippen molar-refractivity contribution >= 4 is 43.6 Å². The lowest BCUT2D eigenvalue weighted by Gasteiger charge is -2.44. The zero-order chi connectivity index (χ0) is 37.2. The van der Waals surface area contributed by atoms with Crippen molar-refractivity contribution in [3.63, 3.8) is 0 Å². The lowest BCUT2D eigenvalue weighted by atomic mass is 9.60. The van der Waals surface area contributed by atoms with Gasteiger partial charge in [-0.2, -0.15) is 0 Å². The van der Waals surface area contributed by atoms with E-state index < -0.39 is 0 Å². The number of benzene rings is 6. The molecule has 2 atom stereocenters. The van der Waals surface area contributed by atoms with Crippen LogP contribution in [0.2, 0.25) is 0 Å². The SMILES string of the molecule is CCC(C)(c1cc(-n2c3ccccc3c3ccccc32)cc(-n2c3ccccc3c3ccccc32)c1)C1(C)C=CC=C(C(C)(C)c2ccc(C)cc2)C=C1. The molecule has 8 aromatic rings. The summed E-state index contributed by atoms with van der Waals surface area (Å²) in [6.45, 7) is 14.1. The number of rotatable bonds is 7. The van der Waals surface area contributed by atoms with E-state index in [-0.39, 0.29) is 16.2 Å². The highest BCUT2D eigenvalue weighted by Crippen LogP contribution is 2.50. The van der Waals surface area contributed by atoms with Crippen LogP contribution in [0.25, 0.3) is 55.0 Å². The molecule has 1 aliphatic carbocycles. The largest absolute Gasteiger partial charge is 0.309 e.